The number of hydrogen-bond acceptors (Lipinski definition) is 0. The molecular weight excluding hydrogens is 188 g/mol. The first-order valence-corrected chi connectivity index (χ1v) is 6.73. The smallest absolute Gasteiger partial charge is 0.0616 e. The lowest BCUT2D eigenvalue weighted by atomic mass is 10.1. The van der Waals surface area contributed by atoms with Crippen LogP contribution in [0.5, 0.6) is 0 Å². The van der Waals surface area contributed by atoms with E-state index in [1.165, 1.54) is 21.4 Å². The van der Waals surface area contributed by atoms with Crippen LogP contribution < -0.4 is 0 Å². The van der Waals surface area contributed by atoms with Gasteiger partial charge in [-0.05, 0) is 29.8 Å². The molecule has 0 aliphatic rings. The molecule has 0 saturated carbocycles. The lowest BCUT2D eigenvalue weighted by Gasteiger charge is -2.01. The Morgan fingerprint density at radius 2 is 1.71 bits per heavy atom. The van der Waals surface area contributed by atoms with Gasteiger partial charge < -0.3 is 0 Å². The van der Waals surface area contributed by atoms with Crippen molar-refractivity contribution in [3.63, 3.8) is 0 Å². The molecule has 2 rings (SSSR count). The fourth-order valence-electron chi connectivity index (χ4n) is 1.55. The van der Waals surface area contributed by atoms with Crippen LogP contribution in [0.4, 0.5) is 0 Å². The van der Waals surface area contributed by atoms with Crippen LogP contribution in [-0.4, -0.2) is 12.0 Å². The Hall–Kier alpha value is -0.950. The Labute approximate surface area is 88.3 Å². The summed E-state index contributed by atoms with van der Waals surface area (Å²) < 4.78 is 0. The summed E-state index contributed by atoms with van der Waals surface area (Å²) in [7, 11) is 0.404. The highest BCUT2D eigenvalue weighted by molar-refractivity contribution is 7.96. The van der Waals surface area contributed by atoms with Gasteiger partial charge in [0.05, 0.1) is 0 Å². The zero-order chi connectivity index (χ0) is 9.97. The molecule has 0 nitrogen and oxygen atoms in total. The summed E-state index contributed by atoms with van der Waals surface area (Å²) in [5, 5.41) is 2.70. The van der Waals surface area contributed by atoms with E-state index in [0.29, 0.717) is 10.9 Å². The van der Waals surface area contributed by atoms with Crippen molar-refractivity contribution in [3.05, 3.63) is 42.5 Å². The van der Waals surface area contributed by atoms with Gasteiger partial charge in [-0.25, -0.2) is 0 Å². The molecule has 0 N–H and O–H groups in total. The second kappa shape index (κ2) is 4.05. The maximum atomic E-state index is 2.32. The van der Waals surface area contributed by atoms with E-state index < -0.39 is 0 Å². The van der Waals surface area contributed by atoms with Gasteiger partial charge in [-0.1, -0.05) is 24.3 Å². The normalized spacial score (nSPS) is 13.0. The topological polar surface area (TPSA) is 0 Å². The maximum absolute atomic E-state index is 2.32. The summed E-state index contributed by atoms with van der Waals surface area (Å²) >= 11 is 0. The van der Waals surface area contributed by atoms with Crippen LogP contribution >= 0.6 is 0 Å². The van der Waals surface area contributed by atoms with Crippen molar-refractivity contribution in [3.8, 4) is 0 Å². The Morgan fingerprint density at radius 1 is 1.00 bits per heavy atom. The van der Waals surface area contributed by atoms with Gasteiger partial charge >= 0.3 is 0 Å². The van der Waals surface area contributed by atoms with Crippen LogP contribution in [0.1, 0.15) is 6.92 Å². The van der Waals surface area contributed by atoms with E-state index in [4.69, 9.17) is 0 Å². The molecule has 0 saturated heterocycles. The van der Waals surface area contributed by atoms with Crippen LogP contribution in [0.2, 0.25) is 0 Å². The van der Waals surface area contributed by atoms with E-state index in [1.807, 2.05) is 0 Å². The van der Waals surface area contributed by atoms with Crippen LogP contribution in [0.25, 0.3) is 10.8 Å². The first kappa shape index (κ1) is 9.60. The highest BCUT2D eigenvalue weighted by Gasteiger charge is 2.11. The average molecular weight is 203 g/mol. The molecule has 0 spiro atoms. The van der Waals surface area contributed by atoms with Gasteiger partial charge in [0.25, 0.3) is 0 Å². The molecule has 1 atom stereocenters. The highest BCUT2D eigenvalue weighted by Crippen LogP contribution is 2.19. The third kappa shape index (κ3) is 1.78. The number of fused-ring (bicyclic) bond motifs is 1. The number of benzene rings is 2. The third-order valence-electron chi connectivity index (χ3n) is 2.56. The van der Waals surface area contributed by atoms with E-state index in [0.717, 1.165) is 0 Å². The molecule has 0 radical (unpaired) electrons. The van der Waals surface area contributed by atoms with Gasteiger partial charge in [0, 0.05) is 17.0 Å². The van der Waals surface area contributed by atoms with Crippen LogP contribution in [0.15, 0.2) is 47.4 Å². The van der Waals surface area contributed by atoms with Gasteiger partial charge in [0.2, 0.25) is 0 Å². The van der Waals surface area contributed by atoms with Crippen molar-refractivity contribution in [1.29, 1.82) is 0 Å². The minimum atomic E-state index is 0.404. The van der Waals surface area contributed by atoms with Crippen LogP contribution in [0.3, 0.4) is 0 Å². The SMILES string of the molecule is CC[S+](C)c1ccc2ccccc2c1. The van der Waals surface area contributed by atoms with Crippen LogP contribution in [0, 0.1) is 0 Å². The summed E-state index contributed by atoms with van der Waals surface area (Å²) in [5.41, 5.74) is 0. The quantitative estimate of drug-likeness (QED) is 0.656. The molecule has 0 heterocycles. The van der Waals surface area contributed by atoms with Crippen LogP contribution in [-0.2, 0) is 10.9 Å². The summed E-state index contributed by atoms with van der Waals surface area (Å²) in [6.07, 6.45) is 2.31. The summed E-state index contributed by atoms with van der Waals surface area (Å²) in [6.45, 7) is 2.25. The second-order valence-electron chi connectivity index (χ2n) is 3.43. The Morgan fingerprint density at radius 3 is 2.43 bits per heavy atom. The summed E-state index contributed by atoms with van der Waals surface area (Å²) in [6, 6.07) is 15.4. The standard InChI is InChI=1S/C13H15S/c1-3-14(2)13-9-8-11-6-4-5-7-12(11)10-13/h4-10H,3H2,1-2H3/q+1. The molecule has 0 amide bonds. The lowest BCUT2D eigenvalue weighted by molar-refractivity contribution is 1.42. The average Bonchev–Trinajstić information content (AvgIpc) is 2.27. The molecule has 14 heavy (non-hydrogen) atoms. The molecular formula is C13H15S+. The predicted octanol–water partition coefficient (Wildman–Crippen LogP) is 3.47. The van der Waals surface area contributed by atoms with Crippen molar-refractivity contribution >= 4 is 21.7 Å². The lowest BCUT2D eigenvalue weighted by Crippen LogP contribution is -2.01. The largest absolute Gasteiger partial charge is 0.155 e. The van der Waals surface area contributed by atoms with Gasteiger partial charge in [0.15, 0.2) is 4.90 Å². The molecule has 0 aliphatic carbocycles. The summed E-state index contributed by atoms with van der Waals surface area (Å²) in [4.78, 5) is 1.48. The molecule has 2 aromatic carbocycles. The Bertz CT molecular complexity index is 434. The molecule has 1 heteroatoms. The fourth-order valence-corrected chi connectivity index (χ4v) is 2.51. The van der Waals surface area contributed by atoms with E-state index in [1.54, 1.807) is 0 Å². The van der Waals surface area contributed by atoms with Crippen molar-refractivity contribution in [2.45, 2.75) is 11.8 Å². The second-order valence-corrected chi connectivity index (χ2v) is 5.76. The molecule has 0 fully saturated rings. The monoisotopic (exact) mass is 203 g/mol. The minimum absolute atomic E-state index is 0.404. The van der Waals surface area contributed by atoms with Crippen molar-refractivity contribution in [1.82, 2.24) is 0 Å². The molecule has 1 unspecified atom stereocenters. The van der Waals surface area contributed by atoms with Crippen molar-refractivity contribution < 1.29 is 0 Å². The molecule has 0 aliphatic heterocycles. The predicted molar refractivity (Wildman–Crippen MR) is 66.0 cm³/mol. The fraction of sp³-hybridized carbons (Fsp3) is 0.231. The Balaban J connectivity index is 2.51. The summed E-state index contributed by atoms with van der Waals surface area (Å²) in [5.74, 6) is 1.23. The van der Waals surface area contributed by atoms with E-state index in [2.05, 4.69) is 55.6 Å². The Kier molecular flexibility index (Phi) is 2.78. The van der Waals surface area contributed by atoms with Crippen molar-refractivity contribution in [2.75, 3.05) is 12.0 Å². The third-order valence-corrected chi connectivity index (χ3v) is 4.48. The number of rotatable bonds is 2. The first-order chi connectivity index (χ1) is 6.81. The molecule has 2 aromatic rings. The molecule has 0 bridgehead atoms. The van der Waals surface area contributed by atoms with Gasteiger partial charge in [0.1, 0.15) is 12.0 Å². The first-order valence-electron chi connectivity index (χ1n) is 4.92. The van der Waals surface area contributed by atoms with Gasteiger partial charge in [-0.3, -0.25) is 0 Å². The van der Waals surface area contributed by atoms with Gasteiger partial charge in [-0.15, -0.1) is 0 Å². The van der Waals surface area contributed by atoms with Gasteiger partial charge in [-0.2, -0.15) is 0 Å². The zero-order valence-electron chi connectivity index (χ0n) is 8.66. The maximum Gasteiger partial charge on any atom is 0.155 e. The van der Waals surface area contributed by atoms with E-state index >= 15 is 0 Å². The molecule has 0 aromatic heterocycles. The van der Waals surface area contributed by atoms with Crippen molar-refractivity contribution in [2.24, 2.45) is 0 Å². The highest BCUT2D eigenvalue weighted by atomic mass is 32.2. The van der Waals surface area contributed by atoms with E-state index in [-0.39, 0.29) is 0 Å². The van der Waals surface area contributed by atoms with E-state index in [9.17, 15) is 0 Å². The zero-order valence-corrected chi connectivity index (χ0v) is 9.47. The number of hydrogen-bond donors (Lipinski definition) is 0. The minimum Gasteiger partial charge on any atom is -0.0616 e. The molecule has 72 valence electrons.